The number of pyridine rings is 1. The molecule has 0 aliphatic heterocycles. The SMILES string of the molecule is C[C@H](OC(=O)c1cccnc1Cl)C(=O)c1ccc(Cl)cc1. The van der Waals surface area contributed by atoms with Crippen molar-refractivity contribution >= 4 is 35.0 Å². The molecular formula is C15H11Cl2NO3. The summed E-state index contributed by atoms with van der Waals surface area (Å²) in [6.45, 7) is 1.50. The van der Waals surface area contributed by atoms with Crippen molar-refractivity contribution in [2.75, 3.05) is 0 Å². The number of hydrogen-bond donors (Lipinski definition) is 0. The Bertz CT molecular complexity index is 671. The number of Topliss-reactive ketones (excluding diaryl/α,β-unsaturated/α-hetero) is 1. The van der Waals surface area contributed by atoms with Gasteiger partial charge in [-0.1, -0.05) is 23.2 Å². The van der Waals surface area contributed by atoms with Crippen molar-refractivity contribution in [2.45, 2.75) is 13.0 Å². The smallest absolute Gasteiger partial charge is 0.341 e. The molecule has 0 fully saturated rings. The number of rotatable bonds is 4. The number of nitrogens with zero attached hydrogens (tertiary/aromatic N) is 1. The molecule has 4 nitrogen and oxygen atoms in total. The van der Waals surface area contributed by atoms with Crippen LogP contribution in [0.5, 0.6) is 0 Å². The normalized spacial score (nSPS) is 11.8. The molecule has 0 spiro atoms. The van der Waals surface area contributed by atoms with Crippen LogP contribution >= 0.6 is 23.2 Å². The number of esters is 1. The third kappa shape index (κ3) is 3.80. The minimum absolute atomic E-state index is 0.0358. The Morgan fingerprint density at radius 3 is 2.43 bits per heavy atom. The van der Waals surface area contributed by atoms with E-state index in [9.17, 15) is 9.59 Å². The van der Waals surface area contributed by atoms with Gasteiger partial charge in [0.15, 0.2) is 6.10 Å². The summed E-state index contributed by atoms with van der Waals surface area (Å²) in [7, 11) is 0. The van der Waals surface area contributed by atoms with Gasteiger partial charge < -0.3 is 4.74 Å². The highest BCUT2D eigenvalue weighted by molar-refractivity contribution is 6.32. The molecule has 0 radical (unpaired) electrons. The van der Waals surface area contributed by atoms with Gasteiger partial charge >= 0.3 is 5.97 Å². The maximum Gasteiger partial charge on any atom is 0.341 e. The Morgan fingerprint density at radius 2 is 1.81 bits per heavy atom. The van der Waals surface area contributed by atoms with Gasteiger partial charge in [0.05, 0.1) is 5.56 Å². The summed E-state index contributed by atoms with van der Waals surface area (Å²) >= 11 is 11.6. The second-order valence-electron chi connectivity index (χ2n) is 4.26. The van der Waals surface area contributed by atoms with Crippen molar-refractivity contribution in [1.82, 2.24) is 4.98 Å². The zero-order chi connectivity index (χ0) is 15.4. The largest absolute Gasteiger partial charge is 0.451 e. The van der Waals surface area contributed by atoms with E-state index >= 15 is 0 Å². The molecule has 0 N–H and O–H groups in total. The summed E-state index contributed by atoms with van der Waals surface area (Å²) < 4.78 is 5.12. The van der Waals surface area contributed by atoms with Gasteiger partial charge in [-0.2, -0.15) is 0 Å². The van der Waals surface area contributed by atoms with E-state index in [1.54, 1.807) is 30.3 Å². The van der Waals surface area contributed by atoms with Crippen molar-refractivity contribution < 1.29 is 14.3 Å². The number of carbonyl (C=O) groups is 2. The van der Waals surface area contributed by atoms with E-state index in [1.807, 2.05) is 0 Å². The molecule has 0 aliphatic carbocycles. The van der Waals surface area contributed by atoms with Gasteiger partial charge in [0.25, 0.3) is 0 Å². The van der Waals surface area contributed by atoms with Gasteiger partial charge in [-0.3, -0.25) is 4.79 Å². The minimum Gasteiger partial charge on any atom is -0.451 e. The molecule has 1 heterocycles. The fourth-order valence-electron chi connectivity index (χ4n) is 1.66. The summed E-state index contributed by atoms with van der Waals surface area (Å²) in [5.74, 6) is -1.01. The highest BCUT2D eigenvalue weighted by atomic mass is 35.5. The number of aromatic nitrogens is 1. The quantitative estimate of drug-likeness (QED) is 0.487. The second kappa shape index (κ2) is 6.70. The van der Waals surface area contributed by atoms with Crippen molar-refractivity contribution in [3.63, 3.8) is 0 Å². The van der Waals surface area contributed by atoms with Gasteiger partial charge in [0.1, 0.15) is 5.15 Å². The molecule has 0 amide bonds. The molecule has 1 atom stereocenters. The Balaban J connectivity index is 2.09. The number of benzene rings is 1. The lowest BCUT2D eigenvalue weighted by Gasteiger charge is -2.12. The Labute approximate surface area is 131 Å². The molecule has 0 aliphatic rings. The first-order chi connectivity index (χ1) is 9.99. The fourth-order valence-corrected chi connectivity index (χ4v) is 1.99. The van der Waals surface area contributed by atoms with Crippen LogP contribution < -0.4 is 0 Å². The molecule has 0 saturated heterocycles. The van der Waals surface area contributed by atoms with Crippen LogP contribution in [0, 0.1) is 0 Å². The fraction of sp³-hybridized carbons (Fsp3) is 0.133. The number of ketones is 1. The van der Waals surface area contributed by atoms with Crippen molar-refractivity contribution in [1.29, 1.82) is 0 Å². The van der Waals surface area contributed by atoms with E-state index in [1.165, 1.54) is 19.2 Å². The Hall–Kier alpha value is -1.91. The molecule has 6 heteroatoms. The second-order valence-corrected chi connectivity index (χ2v) is 5.05. The van der Waals surface area contributed by atoms with E-state index in [2.05, 4.69) is 4.98 Å². The summed E-state index contributed by atoms with van der Waals surface area (Å²) in [6.07, 6.45) is 0.524. The molecule has 2 rings (SSSR count). The van der Waals surface area contributed by atoms with E-state index in [4.69, 9.17) is 27.9 Å². The van der Waals surface area contributed by atoms with Gasteiger partial charge in [-0.05, 0) is 43.3 Å². The van der Waals surface area contributed by atoms with E-state index < -0.39 is 12.1 Å². The predicted octanol–water partition coefficient (Wildman–Crippen LogP) is 3.82. The molecule has 0 saturated carbocycles. The molecule has 1 aromatic heterocycles. The van der Waals surface area contributed by atoms with Crippen LogP contribution in [0.4, 0.5) is 0 Å². The van der Waals surface area contributed by atoms with Crippen LogP contribution in [-0.2, 0) is 4.74 Å². The van der Waals surface area contributed by atoms with Crippen LogP contribution in [0.1, 0.15) is 27.6 Å². The zero-order valence-corrected chi connectivity index (χ0v) is 12.6. The van der Waals surface area contributed by atoms with E-state index in [-0.39, 0.29) is 16.5 Å². The third-order valence-corrected chi connectivity index (χ3v) is 3.31. The maximum absolute atomic E-state index is 12.1. The predicted molar refractivity (Wildman–Crippen MR) is 79.9 cm³/mol. The van der Waals surface area contributed by atoms with E-state index in [0.29, 0.717) is 10.6 Å². The first-order valence-electron chi connectivity index (χ1n) is 6.10. The summed E-state index contributed by atoms with van der Waals surface area (Å²) in [5, 5.41) is 0.562. The van der Waals surface area contributed by atoms with Crippen molar-refractivity contribution in [3.05, 3.63) is 63.9 Å². The number of hydrogen-bond acceptors (Lipinski definition) is 4. The molecular weight excluding hydrogens is 313 g/mol. The van der Waals surface area contributed by atoms with Crippen LogP contribution in [0.15, 0.2) is 42.6 Å². The van der Waals surface area contributed by atoms with Gasteiger partial charge in [-0.15, -0.1) is 0 Å². The van der Waals surface area contributed by atoms with E-state index in [0.717, 1.165) is 0 Å². The summed E-state index contributed by atoms with van der Waals surface area (Å²) in [6, 6.07) is 9.39. The lowest BCUT2D eigenvalue weighted by atomic mass is 10.1. The Kier molecular flexibility index (Phi) is 4.94. The van der Waals surface area contributed by atoms with Gasteiger partial charge in [-0.25, -0.2) is 9.78 Å². The lowest BCUT2D eigenvalue weighted by molar-refractivity contribution is 0.0318. The summed E-state index contributed by atoms with van der Waals surface area (Å²) in [4.78, 5) is 27.9. The molecule has 0 bridgehead atoms. The van der Waals surface area contributed by atoms with Crippen LogP contribution in [0.25, 0.3) is 0 Å². The van der Waals surface area contributed by atoms with Crippen LogP contribution in [0.2, 0.25) is 10.2 Å². The first kappa shape index (κ1) is 15.5. The highest BCUT2D eigenvalue weighted by Gasteiger charge is 2.21. The minimum atomic E-state index is -0.935. The molecule has 0 unspecified atom stereocenters. The third-order valence-electron chi connectivity index (χ3n) is 2.76. The van der Waals surface area contributed by atoms with Crippen LogP contribution in [-0.4, -0.2) is 22.8 Å². The van der Waals surface area contributed by atoms with Gasteiger partial charge in [0.2, 0.25) is 5.78 Å². The number of ether oxygens (including phenoxy) is 1. The zero-order valence-electron chi connectivity index (χ0n) is 11.0. The average Bonchev–Trinajstić information content (AvgIpc) is 2.47. The molecule has 1 aromatic carbocycles. The van der Waals surface area contributed by atoms with Gasteiger partial charge in [0, 0.05) is 16.8 Å². The molecule has 2 aromatic rings. The number of halogens is 2. The van der Waals surface area contributed by atoms with Crippen molar-refractivity contribution in [3.8, 4) is 0 Å². The average molecular weight is 324 g/mol. The molecule has 21 heavy (non-hydrogen) atoms. The van der Waals surface area contributed by atoms with Crippen LogP contribution in [0.3, 0.4) is 0 Å². The van der Waals surface area contributed by atoms with Crippen molar-refractivity contribution in [2.24, 2.45) is 0 Å². The monoisotopic (exact) mass is 323 g/mol. The molecule has 108 valence electrons. The maximum atomic E-state index is 12.1. The highest BCUT2D eigenvalue weighted by Crippen LogP contribution is 2.16. The topological polar surface area (TPSA) is 56.3 Å². The summed E-state index contributed by atoms with van der Waals surface area (Å²) in [5.41, 5.74) is 0.534. The number of carbonyl (C=O) groups excluding carboxylic acids is 2. The first-order valence-corrected chi connectivity index (χ1v) is 6.86. The Morgan fingerprint density at radius 1 is 1.14 bits per heavy atom. The lowest BCUT2D eigenvalue weighted by Crippen LogP contribution is -2.24. The standard InChI is InChI=1S/C15H11Cl2NO3/c1-9(13(19)10-4-6-11(16)7-5-10)21-15(20)12-3-2-8-18-14(12)17/h2-9H,1H3/t9-/m0/s1.